The summed E-state index contributed by atoms with van der Waals surface area (Å²) in [6.07, 6.45) is 1.71. The number of hydrogen-bond donors (Lipinski definition) is 1. The molecule has 1 aromatic carbocycles. The largest absolute Gasteiger partial charge is 0.477 e. The maximum Gasteiger partial charge on any atom is 0.354 e. The van der Waals surface area contributed by atoms with Crippen molar-refractivity contribution in [1.82, 2.24) is 19.6 Å². The molecule has 0 radical (unpaired) electrons. The zero-order valence-corrected chi connectivity index (χ0v) is 14.0. The number of benzene rings is 1. The van der Waals surface area contributed by atoms with E-state index in [0.29, 0.717) is 13.1 Å². The van der Waals surface area contributed by atoms with Crippen molar-refractivity contribution in [1.29, 1.82) is 0 Å². The fourth-order valence-corrected chi connectivity index (χ4v) is 3.05. The lowest BCUT2D eigenvalue weighted by Crippen LogP contribution is -2.48. The van der Waals surface area contributed by atoms with Crippen LogP contribution in [0.5, 0.6) is 0 Å². The van der Waals surface area contributed by atoms with Gasteiger partial charge < -0.3 is 10.0 Å². The summed E-state index contributed by atoms with van der Waals surface area (Å²) < 4.78 is 1.37. The van der Waals surface area contributed by atoms with Gasteiger partial charge in [-0.1, -0.05) is 30.3 Å². The number of aromatic carboxylic acids is 1. The van der Waals surface area contributed by atoms with Crippen LogP contribution in [-0.4, -0.2) is 62.7 Å². The van der Waals surface area contributed by atoms with Crippen LogP contribution in [-0.2, 0) is 17.9 Å². The molecule has 7 nitrogen and oxygen atoms in total. The Balaban J connectivity index is 1.45. The van der Waals surface area contributed by atoms with E-state index in [1.165, 1.54) is 22.5 Å². The second kappa shape index (κ2) is 7.94. The lowest BCUT2D eigenvalue weighted by molar-refractivity contribution is -0.133. The van der Waals surface area contributed by atoms with Gasteiger partial charge in [0.25, 0.3) is 0 Å². The maximum absolute atomic E-state index is 12.4. The Morgan fingerprint density at radius 1 is 1.04 bits per heavy atom. The lowest BCUT2D eigenvalue weighted by atomic mass is 10.2. The quantitative estimate of drug-likeness (QED) is 0.856. The second-order valence-electron chi connectivity index (χ2n) is 6.14. The number of hydrogen-bond acceptors (Lipinski definition) is 4. The number of carbonyl (C=O) groups is 2. The third kappa shape index (κ3) is 4.45. The van der Waals surface area contributed by atoms with Crippen LogP contribution in [0.4, 0.5) is 0 Å². The van der Waals surface area contributed by atoms with Gasteiger partial charge in [0.1, 0.15) is 5.69 Å². The van der Waals surface area contributed by atoms with Crippen molar-refractivity contribution in [2.24, 2.45) is 0 Å². The van der Waals surface area contributed by atoms with E-state index in [-0.39, 0.29) is 24.6 Å². The first-order valence-corrected chi connectivity index (χ1v) is 8.42. The van der Waals surface area contributed by atoms with E-state index in [0.717, 1.165) is 19.6 Å². The Bertz CT molecular complexity index is 721. The van der Waals surface area contributed by atoms with Crippen LogP contribution in [0.25, 0.3) is 0 Å². The third-order valence-electron chi connectivity index (χ3n) is 4.45. The van der Waals surface area contributed by atoms with Crippen molar-refractivity contribution >= 4 is 11.9 Å². The monoisotopic (exact) mass is 342 g/mol. The van der Waals surface area contributed by atoms with E-state index in [2.05, 4.69) is 22.1 Å². The molecule has 0 spiro atoms. The van der Waals surface area contributed by atoms with Crippen LogP contribution in [0, 0.1) is 0 Å². The normalized spacial score (nSPS) is 15.3. The van der Waals surface area contributed by atoms with Gasteiger partial charge in [-0.15, -0.1) is 0 Å². The lowest BCUT2D eigenvalue weighted by Gasteiger charge is -2.34. The summed E-state index contributed by atoms with van der Waals surface area (Å²) in [4.78, 5) is 27.6. The average Bonchev–Trinajstić information content (AvgIpc) is 3.10. The minimum absolute atomic E-state index is 0.0474. The highest BCUT2D eigenvalue weighted by molar-refractivity contribution is 5.85. The molecule has 7 heteroatoms. The zero-order chi connectivity index (χ0) is 17.6. The van der Waals surface area contributed by atoms with E-state index < -0.39 is 5.97 Å². The number of aromatic nitrogens is 2. The van der Waals surface area contributed by atoms with Gasteiger partial charge in [0.15, 0.2) is 0 Å². The summed E-state index contributed by atoms with van der Waals surface area (Å²) in [5, 5.41) is 13.0. The topological polar surface area (TPSA) is 78.7 Å². The molecule has 0 bridgehead atoms. The summed E-state index contributed by atoms with van der Waals surface area (Å²) in [6.45, 7) is 4.30. The molecule has 132 valence electrons. The summed E-state index contributed by atoms with van der Waals surface area (Å²) >= 11 is 0. The minimum atomic E-state index is -1.03. The van der Waals surface area contributed by atoms with Gasteiger partial charge in [-0.2, -0.15) is 5.10 Å². The standard InChI is InChI=1S/C18H22N4O3/c23-17(7-9-22-16(18(24)25)6-8-19-22)21-12-10-20(11-13-21)14-15-4-2-1-3-5-15/h1-6,8H,7,9-14H2,(H,24,25). The molecule has 0 aliphatic carbocycles. The van der Waals surface area contributed by atoms with Gasteiger partial charge in [-0.05, 0) is 11.6 Å². The number of piperazine rings is 1. The van der Waals surface area contributed by atoms with Gasteiger partial charge >= 0.3 is 5.97 Å². The smallest absolute Gasteiger partial charge is 0.354 e. The number of rotatable bonds is 6. The number of nitrogens with zero attached hydrogens (tertiary/aromatic N) is 4. The molecule has 1 saturated heterocycles. The number of carbonyl (C=O) groups excluding carboxylic acids is 1. The average molecular weight is 342 g/mol. The molecule has 1 aliphatic heterocycles. The minimum Gasteiger partial charge on any atom is -0.477 e. The predicted molar refractivity (Wildman–Crippen MR) is 92.1 cm³/mol. The SMILES string of the molecule is O=C(O)c1ccnn1CCC(=O)N1CCN(Cc2ccccc2)CC1. The molecule has 0 saturated carbocycles. The van der Waals surface area contributed by atoms with Gasteiger partial charge in [-0.25, -0.2) is 4.79 Å². The van der Waals surface area contributed by atoms with Crippen molar-refractivity contribution in [2.45, 2.75) is 19.5 Å². The second-order valence-corrected chi connectivity index (χ2v) is 6.14. The first-order chi connectivity index (χ1) is 12.1. The molecule has 1 amide bonds. The maximum atomic E-state index is 12.4. The van der Waals surface area contributed by atoms with Crippen LogP contribution in [0.15, 0.2) is 42.6 Å². The third-order valence-corrected chi connectivity index (χ3v) is 4.45. The van der Waals surface area contributed by atoms with Crippen LogP contribution in [0.1, 0.15) is 22.5 Å². The Morgan fingerprint density at radius 2 is 1.76 bits per heavy atom. The van der Waals surface area contributed by atoms with Crippen molar-refractivity contribution in [3.05, 3.63) is 53.9 Å². The molecule has 25 heavy (non-hydrogen) atoms. The summed E-state index contributed by atoms with van der Waals surface area (Å²) in [5.74, 6) is -0.981. The molecule has 2 heterocycles. The van der Waals surface area contributed by atoms with Gasteiger partial charge in [-0.3, -0.25) is 14.4 Å². The first-order valence-electron chi connectivity index (χ1n) is 8.42. The van der Waals surface area contributed by atoms with Gasteiger partial charge in [0.2, 0.25) is 5.91 Å². The molecular formula is C18H22N4O3. The number of aryl methyl sites for hydroxylation is 1. The van der Waals surface area contributed by atoms with E-state index in [9.17, 15) is 9.59 Å². The fraction of sp³-hybridized carbons (Fsp3) is 0.389. The van der Waals surface area contributed by atoms with Crippen molar-refractivity contribution in [3.8, 4) is 0 Å². The number of amides is 1. The van der Waals surface area contributed by atoms with E-state index >= 15 is 0 Å². The van der Waals surface area contributed by atoms with Crippen molar-refractivity contribution in [3.63, 3.8) is 0 Å². The Labute approximate surface area is 146 Å². The van der Waals surface area contributed by atoms with Crippen molar-refractivity contribution in [2.75, 3.05) is 26.2 Å². The highest BCUT2D eigenvalue weighted by Gasteiger charge is 2.21. The molecule has 0 atom stereocenters. The molecule has 0 unspecified atom stereocenters. The van der Waals surface area contributed by atoms with Crippen LogP contribution in [0.3, 0.4) is 0 Å². The summed E-state index contributed by atoms with van der Waals surface area (Å²) in [5.41, 5.74) is 1.39. The molecule has 1 fully saturated rings. The van der Waals surface area contributed by atoms with E-state index in [4.69, 9.17) is 5.11 Å². The zero-order valence-electron chi connectivity index (χ0n) is 14.0. The van der Waals surface area contributed by atoms with E-state index in [1.54, 1.807) is 0 Å². The Morgan fingerprint density at radius 3 is 2.44 bits per heavy atom. The highest BCUT2D eigenvalue weighted by Crippen LogP contribution is 2.10. The van der Waals surface area contributed by atoms with Gasteiger partial charge in [0, 0.05) is 45.3 Å². The molecule has 1 N–H and O–H groups in total. The predicted octanol–water partition coefficient (Wildman–Crippen LogP) is 1.32. The fourth-order valence-electron chi connectivity index (χ4n) is 3.05. The first kappa shape index (κ1) is 17.2. The molecule has 2 aromatic rings. The van der Waals surface area contributed by atoms with E-state index in [1.807, 2.05) is 23.1 Å². The molecular weight excluding hydrogens is 320 g/mol. The Hall–Kier alpha value is -2.67. The van der Waals surface area contributed by atoms with Crippen LogP contribution < -0.4 is 0 Å². The number of carboxylic acids is 1. The summed E-state index contributed by atoms with van der Waals surface area (Å²) in [6, 6.07) is 11.7. The van der Waals surface area contributed by atoms with Gasteiger partial charge in [0.05, 0.1) is 6.54 Å². The molecule has 1 aromatic heterocycles. The summed E-state index contributed by atoms with van der Waals surface area (Å²) in [7, 11) is 0. The molecule has 1 aliphatic rings. The highest BCUT2D eigenvalue weighted by atomic mass is 16.4. The van der Waals surface area contributed by atoms with Crippen LogP contribution >= 0.6 is 0 Å². The van der Waals surface area contributed by atoms with Crippen LogP contribution in [0.2, 0.25) is 0 Å². The van der Waals surface area contributed by atoms with Crippen molar-refractivity contribution < 1.29 is 14.7 Å². The molecule has 3 rings (SSSR count). The Kier molecular flexibility index (Phi) is 5.45. The number of carboxylic acid groups (broad SMARTS) is 1.